The quantitative estimate of drug-likeness (QED) is 0.630. The van der Waals surface area contributed by atoms with Crippen molar-refractivity contribution in [3.8, 4) is 0 Å². The molecular formula is C8H13N3. The van der Waals surface area contributed by atoms with Gasteiger partial charge in [0.25, 0.3) is 0 Å². The van der Waals surface area contributed by atoms with Crippen LogP contribution in [0, 0.1) is 0 Å². The Morgan fingerprint density at radius 3 is 3.09 bits per heavy atom. The van der Waals surface area contributed by atoms with E-state index in [1.54, 1.807) is 0 Å². The van der Waals surface area contributed by atoms with Crippen LogP contribution in [0.25, 0.3) is 0 Å². The molecule has 0 fully saturated rings. The molecule has 0 saturated heterocycles. The normalized spacial score (nSPS) is 15.5. The van der Waals surface area contributed by atoms with Crippen LogP contribution in [0.15, 0.2) is 0 Å². The van der Waals surface area contributed by atoms with E-state index in [1.165, 1.54) is 29.8 Å². The molecule has 0 aromatic carbocycles. The van der Waals surface area contributed by atoms with Crippen LogP contribution >= 0.6 is 0 Å². The molecule has 1 aliphatic rings. The van der Waals surface area contributed by atoms with E-state index < -0.39 is 0 Å². The minimum absolute atomic E-state index is 0.624. The molecule has 11 heavy (non-hydrogen) atoms. The van der Waals surface area contributed by atoms with E-state index in [9.17, 15) is 0 Å². The standard InChI is InChI=1S/C8H13N3/c1-11-8(5-9)6-3-2-4-7(6)10-11/h2-5,9H2,1H3. The summed E-state index contributed by atoms with van der Waals surface area (Å²) in [5.41, 5.74) is 9.51. The van der Waals surface area contributed by atoms with Crippen molar-refractivity contribution in [1.82, 2.24) is 9.78 Å². The van der Waals surface area contributed by atoms with Gasteiger partial charge in [0.2, 0.25) is 0 Å². The third-order valence-corrected chi connectivity index (χ3v) is 2.39. The lowest BCUT2D eigenvalue weighted by Crippen LogP contribution is -2.06. The Kier molecular flexibility index (Phi) is 1.46. The van der Waals surface area contributed by atoms with Crippen molar-refractivity contribution < 1.29 is 0 Å². The molecule has 0 saturated carbocycles. The van der Waals surface area contributed by atoms with Crippen LogP contribution in [0.4, 0.5) is 0 Å². The van der Waals surface area contributed by atoms with Crippen LogP contribution in [0.2, 0.25) is 0 Å². The third kappa shape index (κ3) is 0.878. The molecule has 2 N–H and O–H groups in total. The van der Waals surface area contributed by atoms with E-state index in [0.29, 0.717) is 6.54 Å². The molecule has 60 valence electrons. The van der Waals surface area contributed by atoms with E-state index in [0.717, 1.165) is 6.42 Å². The molecule has 1 aromatic heterocycles. The van der Waals surface area contributed by atoms with Crippen LogP contribution in [0.5, 0.6) is 0 Å². The van der Waals surface area contributed by atoms with Gasteiger partial charge in [-0.2, -0.15) is 5.10 Å². The molecule has 0 atom stereocenters. The molecular weight excluding hydrogens is 138 g/mol. The summed E-state index contributed by atoms with van der Waals surface area (Å²) in [6, 6.07) is 0. The van der Waals surface area contributed by atoms with Gasteiger partial charge < -0.3 is 5.73 Å². The molecule has 1 heterocycles. The van der Waals surface area contributed by atoms with Gasteiger partial charge in [0.1, 0.15) is 0 Å². The average Bonchev–Trinajstić information content (AvgIpc) is 2.46. The predicted octanol–water partition coefficient (Wildman–Crippen LogP) is 0.367. The Morgan fingerprint density at radius 2 is 2.36 bits per heavy atom. The van der Waals surface area contributed by atoms with Gasteiger partial charge in [-0.25, -0.2) is 0 Å². The molecule has 2 rings (SSSR count). The summed E-state index contributed by atoms with van der Waals surface area (Å²) in [5, 5.41) is 4.40. The first-order valence-electron chi connectivity index (χ1n) is 4.06. The number of aryl methyl sites for hydroxylation is 2. The van der Waals surface area contributed by atoms with Gasteiger partial charge in [0.15, 0.2) is 0 Å². The van der Waals surface area contributed by atoms with E-state index in [-0.39, 0.29) is 0 Å². The maximum absolute atomic E-state index is 5.61. The third-order valence-electron chi connectivity index (χ3n) is 2.39. The topological polar surface area (TPSA) is 43.8 Å². The smallest absolute Gasteiger partial charge is 0.0659 e. The summed E-state index contributed by atoms with van der Waals surface area (Å²) in [4.78, 5) is 0. The number of aromatic nitrogens is 2. The SMILES string of the molecule is Cn1nc2c(c1CN)CCC2. The molecule has 3 heteroatoms. The zero-order valence-electron chi connectivity index (χ0n) is 6.80. The fourth-order valence-corrected chi connectivity index (χ4v) is 1.84. The molecule has 0 bridgehead atoms. The van der Waals surface area contributed by atoms with Crippen molar-refractivity contribution in [2.75, 3.05) is 0 Å². The molecule has 0 spiro atoms. The summed E-state index contributed by atoms with van der Waals surface area (Å²) in [5.74, 6) is 0. The summed E-state index contributed by atoms with van der Waals surface area (Å²) in [7, 11) is 1.97. The number of rotatable bonds is 1. The highest BCUT2D eigenvalue weighted by atomic mass is 15.3. The van der Waals surface area contributed by atoms with Crippen LogP contribution in [-0.2, 0) is 26.4 Å². The number of nitrogens with two attached hydrogens (primary N) is 1. The summed E-state index contributed by atoms with van der Waals surface area (Å²) in [6.45, 7) is 0.624. The fourth-order valence-electron chi connectivity index (χ4n) is 1.84. The first kappa shape index (κ1) is 6.85. The van der Waals surface area contributed by atoms with Gasteiger partial charge in [-0.1, -0.05) is 0 Å². The van der Waals surface area contributed by atoms with E-state index in [2.05, 4.69) is 5.10 Å². The molecule has 0 radical (unpaired) electrons. The van der Waals surface area contributed by atoms with Crippen LogP contribution in [-0.4, -0.2) is 9.78 Å². The Balaban J connectivity index is 2.52. The molecule has 1 aliphatic carbocycles. The highest BCUT2D eigenvalue weighted by molar-refractivity contribution is 5.30. The second-order valence-electron chi connectivity index (χ2n) is 3.05. The van der Waals surface area contributed by atoms with Gasteiger partial charge in [-0.3, -0.25) is 4.68 Å². The number of hydrogen-bond donors (Lipinski definition) is 1. The van der Waals surface area contributed by atoms with Gasteiger partial charge in [-0.15, -0.1) is 0 Å². The van der Waals surface area contributed by atoms with Gasteiger partial charge >= 0.3 is 0 Å². The Labute approximate surface area is 66.2 Å². The minimum atomic E-state index is 0.624. The minimum Gasteiger partial charge on any atom is -0.325 e. The van der Waals surface area contributed by atoms with Crippen LogP contribution < -0.4 is 5.73 Å². The lowest BCUT2D eigenvalue weighted by Gasteiger charge is -1.99. The van der Waals surface area contributed by atoms with Crippen molar-refractivity contribution >= 4 is 0 Å². The zero-order chi connectivity index (χ0) is 7.84. The number of hydrogen-bond acceptors (Lipinski definition) is 2. The molecule has 1 aromatic rings. The maximum Gasteiger partial charge on any atom is 0.0659 e. The molecule has 0 aliphatic heterocycles. The Morgan fingerprint density at radius 1 is 1.55 bits per heavy atom. The van der Waals surface area contributed by atoms with Crippen molar-refractivity contribution in [2.45, 2.75) is 25.8 Å². The molecule has 0 unspecified atom stereocenters. The first-order valence-corrected chi connectivity index (χ1v) is 4.06. The zero-order valence-corrected chi connectivity index (χ0v) is 6.80. The predicted molar refractivity (Wildman–Crippen MR) is 43.1 cm³/mol. The maximum atomic E-state index is 5.61. The summed E-state index contributed by atoms with van der Waals surface area (Å²) in [6.07, 6.45) is 3.57. The number of nitrogens with zero attached hydrogens (tertiary/aromatic N) is 2. The monoisotopic (exact) mass is 151 g/mol. The van der Waals surface area contributed by atoms with Crippen molar-refractivity contribution in [2.24, 2.45) is 12.8 Å². The molecule has 0 amide bonds. The van der Waals surface area contributed by atoms with Crippen LogP contribution in [0.3, 0.4) is 0 Å². The Bertz CT molecular complexity index is 275. The summed E-state index contributed by atoms with van der Waals surface area (Å²) < 4.78 is 1.92. The van der Waals surface area contributed by atoms with Crippen LogP contribution in [0.1, 0.15) is 23.4 Å². The lowest BCUT2D eigenvalue weighted by atomic mass is 10.2. The average molecular weight is 151 g/mol. The first-order chi connectivity index (χ1) is 5.33. The largest absolute Gasteiger partial charge is 0.325 e. The van der Waals surface area contributed by atoms with Gasteiger partial charge in [-0.05, 0) is 24.8 Å². The second-order valence-corrected chi connectivity index (χ2v) is 3.05. The number of fused-ring (bicyclic) bond motifs is 1. The summed E-state index contributed by atoms with van der Waals surface area (Å²) >= 11 is 0. The second kappa shape index (κ2) is 2.34. The van der Waals surface area contributed by atoms with E-state index in [1.807, 2.05) is 11.7 Å². The van der Waals surface area contributed by atoms with Gasteiger partial charge in [0.05, 0.1) is 11.4 Å². The Hall–Kier alpha value is -0.830. The van der Waals surface area contributed by atoms with E-state index >= 15 is 0 Å². The highest BCUT2D eigenvalue weighted by Gasteiger charge is 2.19. The van der Waals surface area contributed by atoms with Crippen molar-refractivity contribution in [3.63, 3.8) is 0 Å². The highest BCUT2D eigenvalue weighted by Crippen LogP contribution is 2.23. The van der Waals surface area contributed by atoms with Gasteiger partial charge in [0, 0.05) is 13.6 Å². The fraction of sp³-hybridized carbons (Fsp3) is 0.625. The lowest BCUT2D eigenvalue weighted by molar-refractivity contribution is 0.681. The van der Waals surface area contributed by atoms with Crippen molar-refractivity contribution in [1.29, 1.82) is 0 Å². The van der Waals surface area contributed by atoms with E-state index in [4.69, 9.17) is 5.73 Å². The molecule has 3 nitrogen and oxygen atoms in total. The van der Waals surface area contributed by atoms with Crippen molar-refractivity contribution in [3.05, 3.63) is 17.0 Å².